The van der Waals surface area contributed by atoms with Crippen molar-refractivity contribution in [2.24, 2.45) is 0 Å². The monoisotopic (exact) mass is 193 g/mol. The van der Waals surface area contributed by atoms with E-state index in [1.54, 1.807) is 24.3 Å². The molecule has 4 N–H and O–H groups in total. The Morgan fingerprint density at radius 2 is 1.83 bits per heavy atom. The first-order valence-electron chi connectivity index (χ1n) is 3.07. The molecule has 1 rings (SSSR count). The first-order valence-corrected chi connectivity index (χ1v) is 3.07. The van der Waals surface area contributed by atoms with E-state index in [2.05, 4.69) is 4.65 Å². The molecule has 1 aromatic carbocycles. The molecule has 0 aliphatic carbocycles. The van der Waals surface area contributed by atoms with Crippen LogP contribution in [0.4, 0.5) is 5.69 Å². The van der Waals surface area contributed by atoms with E-state index in [-0.39, 0.29) is 57.1 Å². The number of hydrogen-bond donors (Lipinski definition) is 3. The van der Waals surface area contributed by atoms with Crippen LogP contribution in [0, 0.1) is 0 Å². The van der Waals surface area contributed by atoms with Gasteiger partial charge in [-0.25, -0.2) is 0 Å². The summed E-state index contributed by atoms with van der Waals surface area (Å²) in [5.74, 6) is 0.266. The van der Waals surface area contributed by atoms with Crippen molar-refractivity contribution in [2.75, 3.05) is 5.73 Å². The van der Waals surface area contributed by atoms with Crippen molar-refractivity contribution in [3.8, 4) is 5.75 Å². The third-order valence-corrected chi connectivity index (χ3v) is 1.15. The van der Waals surface area contributed by atoms with Gasteiger partial charge in [-0.15, -0.1) is 0 Å². The molecule has 4 nitrogen and oxygen atoms in total. The minimum absolute atomic E-state index is 0. The molecule has 6 heteroatoms. The number of rotatable bonds is 2. The van der Waals surface area contributed by atoms with Gasteiger partial charge < -0.3 is 20.4 Å². The maximum atomic E-state index is 8.41. The summed E-state index contributed by atoms with van der Waals surface area (Å²) in [6, 6.07) is 6.58. The van der Waals surface area contributed by atoms with Gasteiger partial charge in [0.05, 0.1) is 5.69 Å². The van der Waals surface area contributed by atoms with Crippen molar-refractivity contribution in [3.05, 3.63) is 24.3 Å². The standard InChI is InChI=1S/C6H8BNO3.K.H/c8-5-3-1-2-4-6(5)11-7(9)10;;/h1-4,9-10H,8H2;;. The average molecular weight is 193 g/mol. The average Bonchev–Trinajstić information content (AvgIpc) is 1.93. The van der Waals surface area contributed by atoms with Crippen LogP contribution in [0.25, 0.3) is 0 Å². The van der Waals surface area contributed by atoms with Crippen LogP contribution in [0.5, 0.6) is 5.75 Å². The number of nitrogens with two attached hydrogens (primary N) is 1. The number of nitrogen functional groups attached to an aromatic ring is 1. The van der Waals surface area contributed by atoms with E-state index >= 15 is 0 Å². The van der Waals surface area contributed by atoms with Gasteiger partial charge in [0.1, 0.15) is 5.75 Å². The van der Waals surface area contributed by atoms with Crippen LogP contribution in [-0.2, 0) is 0 Å². The molecule has 0 saturated carbocycles. The second-order valence-corrected chi connectivity index (χ2v) is 1.98. The molecule has 0 atom stereocenters. The van der Waals surface area contributed by atoms with Crippen LogP contribution in [0.3, 0.4) is 0 Å². The molecule has 0 heterocycles. The van der Waals surface area contributed by atoms with Gasteiger partial charge in [-0.2, -0.15) is 0 Å². The molecule has 60 valence electrons. The summed E-state index contributed by atoms with van der Waals surface area (Å²) < 4.78 is 4.53. The zero-order valence-corrected chi connectivity index (χ0v) is 5.77. The van der Waals surface area contributed by atoms with Crippen molar-refractivity contribution in [2.45, 2.75) is 0 Å². The van der Waals surface area contributed by atoms with Crippen molar-refractivity contribution in [1.29, 1.82) is 0 Å². The molecule has 0 amide bonds. The second kappa shape index (κ2) is 5.98. The Kier molecular flexibility index (Phi) is 6.20. The Bertz CT molecular complexity index is 246. The Balaban J connectivity index is 0.00000121. The number of hydrogen-bond acceptors (Lipinski definition) is 4. The van der Waals surface area contributed by atoms with Crippen LogP contribution in [0.2, 0.25) is 0 Å². The van der Waals surface area contributed by atoms with Crippen LogP contribution in [-0.4, -0.2) is 68.8 Å². The van der Waals surface area contributed by atoms with E-state index in [0.29, 0.717) is 5.69 Å². The molecule has 0 unspecified atom stereocenters. The van der Waals surface area contributed by atoms with Crippen molar-refractivity contribution >= 4 is 64.4 Å². The molecular formula is C6H9BKNO3. The normalized spacial score (nSPS) is 8.50. The van der Waals surface area contributed by atoms with E-state index in [4.69, 9.17) is 15.8 Å². The summed E-state index contributed by atoms with van der Waals surface area (Å²) in [5, 5.41) is 16.8. The van der Waals surface area contributed by atoms with Crippen LogP contribution >= 0.6 is 0 Å². The Morgan fingerprint density at radius 3 is 2.33 bits per heavy atom. The summed E-state index contributed by atoms with van der Waals surface area (Å²) in [5.41, 5.74) is 5.80. The van der Waals surface area contributed by atoms with Gasteiger partial charge >= 0.3 is 58.7 Å². The predicted octanol–water partition coefficient (Wildman–Crippen LogP) is -1.03. The number of anilines is 1. The number of para-hydroxylation sites is 2. The summed E-state index contributed by atoms with van der Waals surface area (Å²) in [6.07, 6.45) is 0. The molecule has 0 aliphatic rings. The molecular weight excluding hydrogens is 184 g/mol. The van der Waals surface area contributed by atoms with Crippen LogP contribution in [0.1, 0.15) is 0 Å². The summed E-state index contributed by atoms with van der Waals surface area (Å²) >= 11 is 0. The van der Waals surface area contributed by atoms with E-state index in [1.165, 1.54) is 0 Å². The first kappa shape index (κ1) is 12.4. The second-order valence-electron chi connectivity index (χ2n) is 1.98. The molecule has 1 aromatic rings. The van der Waals surface area contributed by atoms with Gasteiger partial charge in [-0.3, -0.25) is 0 Å². The topological polar surface area (TPSA) is 75.7 Å². The van der Waals surface area contributed by atoms with Gasteiger partial charge in [0, 0.05) is 0 Å². The zero-order valence-electron chi connectivity index (χ0n) is 5.77. The molecule has 0 radical (unpaired) electrons. The molecule has 0 aliphatic heterocycles. The summed E-state index contributed by atoms with van der Waals surface area (Å²) in [4.78, 5) is 0. The summed E-state index contributed by atoms with van der Waals surface area (Å²) in [6.45, 7) is 0. The summed E-state index contributed by atoms with van der Waals surface area (Å²) in [7, 11) is -1.82. The third kappa shape index (κ3) is 3.90. The van der Waals surface area contributed by atoms with Gasteiger partial charge in [0.15, 0.2) is 0 Å². The van der Waals surface area contributed by atoms with Crippen molar-refractivity contribution in [1.82, 2.24) is 0 Å². The first-order chi connectivity index (χ1) is 5.20. The van der Waals surface area contributed by atoms with E-state index in [1.807, 2.05) is 0 Å². The van der Waals surface area contributed by atoms with E-state index < -0.39 is 7.32 Å². The van der Waals surface area contributed by atoms with Crippen LogP contribution < -0.4 is 10.4 Å². The fraction of sp³-hybridized carbons (Fsp3) is 0. The number of benzene rings is 1. The van der Waals surface area contributed by atoms with Crippen LogP contribution in [0.15, 0.2) is 24.3 Å². The predicted molar refractivity (Wildman–Crippen MR) is 48.8 cm³/mol. The van der Waals surface area contributed by atoms with Crippen molar-refractivity contribution in [3.63, 3.8) is 0 Å². The van der Waals surface area contributed by atoms with Crippen molar-refractivity contribution < 1.29 is 14.7 Å². The molecule has 0 saturated heterocycles. The molecule has 0 bridgehead atoms. The Labute approximate surface area is 113 Å². The molecule has 0 aromatic heterocycles. The molecule has 12 heavy (non-hydrogen) atoms. The quantitative estimate of drug-likeness (QED) is 0.414. The molecule has 0 fully saturated rings. The third-order valence-electron chi connectivity index (χ3n) is 1.15. The van der Waals surface area contributed by atoms with Gasteiger partial charge in [-0.1, -0.05) is 12.1 Å². The fourth-order valence-electron chi connectivity index (χ4n) is 0.701. The minimum atomic E-state index is -1.82. The zero-order chi connectivity index (χ0) is 8.27. The fourth-order valence-corrected chi connectivity index (χ4v) is 0.701. The van der Waals surface area contributed by atoms with E-state index in [0.717, 1.165) is 0 Å². The molecule has 0 spiro atoms. The Morgan fingerprint density at radius 1 is 1.25 bits per heavy atom. The van der Waals surface area contributed by atoms with E-state index in [9.17, 15) is 0 Å². The Hall–Kier alpha value is 0.441. The van der Waals surface area contributed by atoms with Gasteiger partial charge in [-0.05, 0) is 12.1 Å². The van der Waals surface area contributed by atoms with Gasteiger partial charge in [0.2, 0.25) is 0 Å². The maximum absolute atomic E-state index is 8.41. The van der Waals surface area contributed by atoms with Gasteiger partial charge in [0.25, 0.3) is 0 Å². The SMILES string of the molecule is Nc1ccccc1OB(O)O.[KH].